The van der Waals surface area contributed by atoms with Crippen LogP contribution >= 0.6 is 11.6 Å². The number of rotatable bonds is 3. The normalized spacial score (nSPS) is 17.2. The fourth-order valence-corrected chi connectivity index (χ4v) is 2.63. The smallest absolute Gasteiger partial charge is 0.434 e. The van der Waals surface area contributed by atoms with Crippen LogP contribution in [0.15, 0.2) is 0 Å². The molecule has 1 aliphatic heterocycles. The molecule has 1 aromatic heterocycles. The van der Waals surface area contributed by atoms with E-state index in [1.165, 1.54) is 0 Å². The van der Waals surface area contributed by atoms with Crippen molar-refractivity contribution in [2.45, 2.75) is 32.0 Å². The molecule has 0 aromatic carbocycles. The summed E-state index contributed by atoms with van der Waals surface area (Å²) in [6.45, 7) is 3.47. The van der Waals surface area contributed by atoms with Crippen molar-refractivity contribution >= 4 is 23.5 Å². The highest BCUT2D eigenvalue weighted by Crippen LogP contribution is 2.41. The Morgan fingerprint density at radius 1 is 1.43 bits per heavy atom. The molecule has 0 amide bonds. The van der Waals surface area contributed by atoms with Crippen LogP contribution in [0.25, 0.3) is 0 Å². The van der Waals surface area contributed by atoms with Crippen molar-refractivity contribution in [3.05, 3.63) is 28.1 Å². The summed E-state index contributed by atoms with van der Waals surface area (Å²) in [5.74, 6) is -2.25. The van der Waals surface area contributed by atoms with Crippen LogP contribution in [-0.4, -0.2) is 24.0 Å². The van der Waals surface area contributed by atoms with Crippen LogP contribution in [0.4, 0.5) is 13.2 Å². The minimum Gasteiger partial charge on any atom is -0.465 e. The second kappa shape index (κ2) is 5.99. The molecule has 23 heavy (non-hydrogen) atoms. The maximum absolute atomic E-state index is 13.3. The van der Waals surface area contributed by atoms with Gasteiger partial charge in [-0.15, -0.1) is 0 Å². The summed E-state index contributed by atoms with van der Waals surface area (Å²) in [6.07, 6.45) is -4.87. The van der Waals surface area contributed by atoms with Crippen LogP contribution in [0.3, 0.4) is 0 Å². The lowest BCUT2D eigenvalue weighted by Gasteiger charge is -2.18. The van der Waals surface area contributed by atoms with Gasteiger partial charge in [0.15, 0.2) is 5.69 Å². The number of esters is 2. The maximum atomic E-state index is 13.3. The molecule has 0 aliphatic carbocycles. The van der Waals surface area contributed by atoms with E-state index in [-0.39, 0.29) is 29.2 Å². The molecule has 0 spiro atoms. The number of halogens is 4. The summed E-state index contributed by atoms with van der Waals surface area (Å²) in [6, 6.07) is 0. The number of fused-ring (bicyclic) bond motifs is 1. The second-order valence-corrected chi connectivity index (χ2v) is 5.78. The van der Waals surface area contributed by atoms with Gasteiger partial charge < -0.3 is 9.47 Å². The number of ether oxygens (including phenoxy) is 2. The molecule has 0 saturated heterocycles. The van der Waals surface area contributed by atoms with E-state index in [0.717, 1.165) is 7.11 Å². The number of hydrogen-bond donors (Lipinski definition) is 0. The van der Waals surface area contributed by atoms with Crippen molar-refractivity contribution in [3.63, 3.8) is 0 Å². The molecule has 1 aromatic rings. The Kier molecular flexibility index (Phi) is 4.57. The standard InChI is InChI=1S/C14H13ClF3NO4/c1-5(2)4-6-7-9(11(15)23-13(7)21)19-10(14(16,17)18)8(6)12(20)22-3/h5,11H,4H2,1-3H3. The van der Waals surface area contributed by atoms with Gasteiger partial charge in [-0.05, 0) is 17.9 Å². The van der Waals surface area contributed by atoms with E-state index in [1.54, 1.807) is 13.8 Å². The first-order valence-electron chi connectivity index (χ1n) is 6.65. The molecule has 0 radical (unpaired) electrons. The molecule has 1 aliphatic rings. The summed E-state index contributed by atoms with van der Waals surface area (Å²) in [7, 11) is 0.956. The second-order valence-electron chi connectivity index (χ2n) is 5.38. The highest BCUT2D eigenvalue weighted by molar-refractivity contribution is 6.22. The Bertz CT molecular complexity index is 673. The topological polar surface area (TPSA) is 65.5 Å². The fraction of sp³-hybridized carbons (Fsp3) is 0.500. The molecule has 0 bridgehead atoms. The summed E-state index contributed by atoms with van der Waals surface area (Å²) < 4.78 is 49.1. The number of nitrogens with zero attached hydrogens (tertiary/aromatic N) is 1. The lowest BCUT2D eigenvalue weighted by molar-refractivity contribution is -0.141. The van der Waals surface area contributed by atoms with E-state index in [9.17, 15) is 22.8 Å². The van der Waals surface area contributed by atoms with Gasteiger partial charge in [0.2, 0.25) is 5.56 Å². The largest absolute Gasteiger partial charge is 0.465 e. The summed E-state index contributed by atoms with van der Waals surface area (Å²) >= 11 is 5.74. The van der Waals surface area contributed by atoms with E-state index >= 15 is 0 Å². The quantitative estimate of drug-likeness (QED) is 0.616. The Morgan fingerprint density at radius 3 is 2.52 bits per heavy atom. The van der Waals surface area contributed by atoms with Gasteiger partial charge in [0.1, 0.15) is 5.69 Å². The zero-order valence-corrected chi connectivity index (χ0v) is 13.2. The number of cyclic esters (lactones) is 1. The maximum Gasteiger partial charge on any atom is 0.434 e. The summed E-state index contributed by atoms with van der Waals surface area (Å²) in [5.41, 5.74) is -4.23. The molecule has 1 unspecified atom stereocenters. The third-order valence-electron chi connectivity index (χ3n) is 3.23. The van der Waals surface area contributed by atoms with Crippen molar-refractivity contribution < 1.29 is 32.2 Å². The third-order valence-corrected chi connectivity index (χ3v) is 3.52. The first-order chi connectivity index (χ1) is 10.6. The number of pyridine rings is 1. The zero-order chi connectivity index (χ0) is 17.5. The molecule has 2 rings (SSSR count). The highest BCUT2D eigenvalue weighted by Gasteiger charge is 2.45. The molecule has 0 saturated carbocycles. The molecule has 9 heteroatoms. The number of carbonyl (C=O) groups excluding carboxylic acids is 2. The van der Waals surface area contributed by atoms with Gasteiger partial charge in [-0.3, -0.25) is 0 Å². The molecular formula is C14H13ClF3NO4. The summed E-state index contributed by atoms with van der Waals surface area (Å²) in [5, 5.41) is 0. The number of hydrogen-bond acceptors (Lipinski definition) is 5. The molecular weight excluding hydrogens is 339 g/mol. The molecule has 0 N–H and O–H groups in total. The molecule has 126 valence electrons. The predicted molar refractivity (Wildman–Crippen MR) is 73.1 cm³/mol. The van der Waals surface area contributed by atoms with Crippen molar-refractivity contribution in [2.24, 2.45) is 5.92 Å². The number of carbonyl (C=O) groups is 2. The third kappa shape index (κ3) is 3.12. The molecule has 0 fully saturated rings. The molecule has 2 heterocycles. The first kappa shape index (κ1) is 17.5. The van der Waals surface area contributed by atoms with E-state index in [2.05, 4.69) is 9.72 Å². The van der Waals surface area contributed by atoms with Crippen molar-refractivity contribution in [1.29, 1.82) is 0 Å². The van der Waals surface area contributed by atoms with E-state index < -0.39 is 34.9 Å². The Labute approximate surface area is 134 Å². The molecule has 1 atom stereocenters. The predicted octanol–water partition coefficient (Wildman–Crippen LogP) is 3.49. The number of methoxy groups -OCH3 is 1. The Hall–Kier alpha value is -1.83. The van der Waals surface area contributed by atoms with Crippen LogP contribution < -0.4 is 0 Å². The lowest BCUT2D eigenvalue weighted by Crippen LogP contribution is -2.22. The van der Waals surface area contributed by atoms with Gasteiger partial charge >= 0.3 is 18.1 Å². The van der Waals surface area contributed by atoms with Crippen LogP contribution in [0.2, 0.25) is 0 Å². The minimum absolute atomic E-state index is 0.0388. The number of alkyl halides is 4. The minimum atomic E-state index is -4.91. The van der Waals surface area contributed by atoms with Crippen LogP contribution in [-0.2, 0) is 22.1 Å². The van der Waals surface area contributed by atoms with Gasteiger partial charge in [0.25, 0.3) is 0 Å². The molecule has 5 nitrogen and oxygen atoms in total. The zero-order valence-electron chi connectivity index (χ0n) is 12.5. The van der Waals surface area contributed by atoms with E-state index in [1.807, 2.05) is 0 Å². The van der Waals surface area contributed by atoms with Crippen LogP contribution in [0.5, 0.6) is 0 Å². The van der Waals surface area contributed by atoms with E-state index in [4.69, 9.17) is 16.3 Å². The highest BCUT2D eigenvalue weighted by atomic mass is 35.5. The fourth-order valence-electron chi connectivity index (χ4n) is 2.39. The SMILES string of the molecule is COC(=O)c1c(C(F)(F)F)nc2c(c1CC(C)C)C(=O)OC2Cl. The van der Waals surface area contributed by atoms with Gasteiger partial charge in [-0.1, -0.05) is 25.4 Å². The average molecular weight is 352 g/mol. The number of aromatic nitrogens is 1. The van der Waals surface area contributed by atoms with Crippen molar-refractivity contribution in [3.8, 4) is 0 Å². The Balaban J connectivity index is 2.88. The summed E-state index contributed by atoms with van der Waals surface area (Å²) in [4.78, 5) is 27.2. The monoisotopic (exact) mass is 351 g/mol. The first-order valence-corrected chi connectivity index (χ1v) is 7.08. The van der Waals surface area contributed by atoms with Gasteiger partial charge in [0, 0.05) is 0 Å². The van der Waals surface area contributed by atoms with Crippen LogP contribution in [0, 0.1) is 5.92 Å². The van der Waals surface area contributed by atoms with Crippen molar-refractivity contribution in [2.75, 3.05) is 7.11 Å². The van der Waals surface area contributed by atoms with Gasteiger partial charge in [0.05, 0.1) is 18.2 Å². The lowest BCUT2D eigenvalue weighted by atomic mass is 9.91. The van der Waals surface area contributed by atoms with Crippen LogP contribution in [0.1, 0.15) is 57.1 Å². The van der Waals surface area contributed by atoms with Gasteiger partial charge in [-0.25, -0.2) is 14.6 Å². The average Bonchev–Trinajstić information content (AvgIpc) is 2.71. The van der Waals surface area contributed by atoms with Gasteiger partial charge in [-0.2, -0.15) is 13.2 Å². The Morgan fingerprint density at radius 2 is 2.04 bits per heavy atom. The van der Waals surface area contributed by atoms with Crippen molar-refractivity contribution in [1.82, 2.24) is 4.98 Å². The van der Waals surface area contributed by atoms with E-state index in [0.29, 0.717) is 0 Å².